The van der Waals surface area contributed by atoms with Crippen molar-refractivity contribution in [1.29, 1.82) is 0 Å². The fourth-order valence-electron chi connectivity index (χ4n) is 2.61. The van der Waals surface area contributed by atoms with Crippen LogP contribution in [-0.2, 0) is 16.4 Å². The third kappa shape index (κ3) is 4.51. The van der Waals surface area contributed by atoms with Gasteiger partial charge in [-0.15, -0.1) is 0 Å². The third-order valence-electron chi connectivity index (χ3n) is 4.04. The molecule has 1 aliphatic carbocycles. The summed E-state index contributed by atoms with van der Waals surface area (Å²) in [6.45, 7) is 1.77. The van der Waals surface area contributed by atoms with Gasteiger partial charge >= 0.3 is 0 Å². The van der Waals surface area contributed by atoms with E-state index in [9.17, 15) is 13.5 Å². The normalized spacial score (nSPS) is 22.3. The number of aliphatic hydroxyl groups is 1. The van der Waals surface area contributed by atoms with Crippen molar-refractivity contribution < 1.29 is 13.5 Å². The SMILES string of the molecule is CN(CCS(=O)(=O)c1ccc(CN)cc1)CC1CC(O)C1. The zero-order chi connectivity index (χ0) is 15.5. The lowest BCUT2D eigenvalue weighted by Crippen LogP contribution is -2.38. The van der Waals surface area contributed by atoms with E-state index in [2.05, 4.69) is 0 Å². The van der Waals surface area contributed by atoms with Crippen LogP contribution >= 0.6 is 0 Å². The van der Waals surface area contributed by atoms with E-state index in [-0.39, 0.29) is 11.9 Å². The molecule has 5 nitrogen and oxygen atoms in total. The molecule has 1 aromatic rings. The van der Waals surface area contributed by atoms with E-state index in [0.717, 1.165) is 24.9 Å². The van der Waals surface area contributed by atoms with E-state index >= 15 is 0 Å². The highest BCUT2D eigenvalue weighted by atomic mass is 32.2. The van der Waals surface area contributed by atoms with Crippen LogP contribution in [0.4, 0.5) is 0 Å². The highest BCUT2D eigenvalue weighted by molar-refractivity contribution is 7.91. The number of hydrogen-bond acceptors (Lipinski definition) is 5. The van der Waals surface area contributed by atoms with E-state index < -0.39 is 9.84 Å². The first-order chi connectivity index (χ1) is 9.90. The number of sulfone groups is 1. The Balaban J connectivity index is 1.85. The zero-order valence-corrected chi connectivity index (χ0v) is 13.2. The molecule has 0 aromatic heterocycles. The third-order valence-corrected chi connectivity index (χ3v) is 5.75. The standard InChI is InChI=1S/C15H24N2O3S/c1-17(11-13-8-14(18)9-13)6-7-21(19,20)15-4-2-12(10-16)3-5-15/h2-5,13-14,18H,6-11,16H2,1H3. The van der Waals surface area contributed by atoms with Crippen molar-refractivity contribution in [2.45, 2.75) is 30.4 Å². The maximum Gasteiger partial charge on any atom is 0.179 e. The van der Waals surface area contributed by atoms with E-state index in [1.54, 1.807) is 24.3 Å². The lowest BCUT2D eigenvalue weighted by atomic mass is 9.82. The first-order valence-corrected chi connectivity index (χ1v) is 8.94. The Kier molecular flexibility index (Phi) is 5.37. The van der Waals surface area contributed by atoms with Gasteiger partial charge in [0.2, 0.25) is 0 Å². The first-order valence-electron chi connectivity index (χ1n) is 7.29. The van der Waals surface area contributed by atoms with Gasteiger partial charge < -0.3 is 15.7 Å². The number of aliphatic hydroxyl groups excluding tert-OH is 1. The summed E-state index contributed by atoms with van der Waals surface area (Å²) in [4.78, 5) is 2.38. The van der Waals surface area contributed by atoms with E-state index in [0.29, 0.717) is 23.9 Å². The molecule has 6 heteroatoms. The van der Waals surface area contributed by atoms with Crippen LogP contribution in [0.1, 0.15) is 18.4 Å². The van der Waals surface area contributed by atoms with Crippen molar-refractivity contribution in [3.05, 3.63) is 29.8 Å². The minimum Gasteiger partial charge on any atom is -0.393 e. The summed E-state index contributed by atoms with van der Waals surface area (Å²) in [7, 11) is -1.32. The van der Waals surface area contributed by atoms with Gasteiger partial charge in [-0.3, -0.25) is 0 Å². The summed E-state index contributed by atoms with van der Waals surface area (Å²) in [5.74, 6) is 0.609. The van der Waals surface area contributed by atoms with Gasteiger partial charge in [-0.1, -0.05) is 12.1 Å². The average molecular weight is 312 g/mol. The fourth-order valence-corrected chi connectivity index (χ4v) is 3.95. The van der Waals surface area contributed by atoms with Crippen LogP contribution in [-0.4, -0.2) is 50.4 Å². The number of rotatable bonds is 7. The predicted molar refractivity (Wildman–Crippen MR) is 82.6 cm³/mol. The summed E-state index contributed by atoms with van der Waals surface area (Å²) in [6.07, 6.45) is 1.50. The van der Waals surface area contributed by atoms with Gasteiger partial charge in [0.15, 0.2) is 9.84 Å². The van der Waals surface area contributed by atoms with Crippen LogP contribution in [0.5, 0.6) is 0 Å². The molecule has 0 heterocycles. The monoisotopic (exact) mass is 312 g/mol. The van der Waals surface area contributed by atoms with E-state index in [1.807, 2.05) is 11.9 Å². The Bertz CT molecular complexity index is 551. The molecule has 118 valence electrons. The van der Waals surface area contributed by atoms with Gasteiger partial charge in [0.25, 0.3) is 0 Å². The second-order valence-electron chi connectivity index (χ2n) is 5.92. The summed E-state index contributed by atoms with van der Waals surface area (Å²) in [5.41, 5.74) is 6.43. The molecule has 1 aliphatic rings. The Labute approximate surface area is 126 Å². The van der Waals surface area contributed by atoms with Crippen molar-refractivity contribution in [2.75, 3.05) is 25.9 Å². The highest BCUT2D eigenvalue weighted by Crippen LogP contribution is 2.27. The fraction of sp³-hybridized carbons (Fsp3) is 0.600. The number of nitrogens with zero attached hydrogens (tertiary/aromatic N) is 1. The van der Waals surface area contributed by atoms with Gasteiger partial charge in [-0.25, -0.2) is 8.42 Å². The molecule has 0 saturated heterocycles. The van der Waals surface area contributed by atoms with Gasteiger partial charge in [0, 0.05) is 19.6 Å². The Morgan fingerprint density at radius 3 is 2.43 bits per heavy atom. The first kappa shape index (κ1) is 16.4. The van der Waals surface area contributed by atoms with Gasteiger partial charge in [-0.05, 0) is 43.5 Å². The van der Waals surface area contributed by atoms with Crippen LogP contribution in [0.25, 0.3) is 0 Å². The van der Waals surface area contributed by atoms with Gasteiger partial charge in [-0.2, -0.15) is 0 Å². The van der Waals surface area contributed by atoms with Crippen molar-refractivity contribution in [1.82, 2.24) is 4.90 Å². The van der Waals surface area contributed by atoms with Gasteiger partial charge in [0.1, 0.15) is 0 Å². The predicted octanol–water partition coefficient (Wildman–Crippen LogP) is 0.622. The molecule has 0 amide bonds. The maximum atomic E-state index is 12.3. The second-order valence-corrected chi connectivity index (χ2v) is 8.03. The molecule has 0 spiro atoms. The lowest BCUT2D eigenvalue weighted by Gasteiger charge is -2.34. The highest BCUT2D eigenvalue weighted by Gasteiger charge is 2.28. The summed E-state index contributed by atoms with van der Waals surface area (Å²) < 4.78 is 24.5. The molecule has 0 atom stereocenters. The molecular formula is C15H24N2O3S. The zero-order valence-electron chi connectivity index (χ0n) is 12.4. The van der Waals surface area contributed by atoms with E-state index in [4.69, 9.17) is 5.73 Å². The smallest absolute Gasteiger partial charge is 0.179 e. The summed E-state index contributed by atoms with van der Waals surface area (Å²) in [6, 6.07) is 6.76. The summed E-state index contributed by atoms with van der Waals surface area (Å²) in [5, 5.41) is 9.26. The van der Waals surface area contributed by atoms with Crippen LogP contribution in [0.3, 0.4) is 0 Å². The molecule has 1 saturated carbocycles. The topological polar surface area (TPSA) is 83.6 Å². The lowest BCUT2D eigenvalue weighted by molar-refractivity contribution is 0.0291. The molecule has 0 aliphatic heterocycles. The summed E-state index contributed by atoms with van der Waals surface area (Å²) >= 11 is 0. The molecule has 3 N–H and O–H groups in total. The van der Waals surface area contributed by atoms with Crippen molar-refractivity contribution in [3.63, 3.8) is 0 Å². The van der Waals surface area contributed by atoms with Crippen molar-refractivity contribution in [3.8, 4) is 0 Å². The minimum atomic E-state index is -3.25. The average Bonchev–Trinajstić information content (AvgIpc) is 2.44. The molecule has 1 fully saturated rings. The molecule has 0 bridgehead atoms. The Hall–Kier alpha value is -0.950. The van der Waals surface area contributed by atoms with Crippen LogP contribution < -0.4 is 5.73 Å². The van der Waals surface area contributed by atoms with Crippen LogP contribution in [0, 0.1) is 5.92 Å². The number of benzene rings is 1. The molecule has 21 heavy (non-hydrogen) atoms. The van der Waals surface area contributed by atoms with Gasteiger partial charge in [0.05, 0.1) is 16.8 Å². The Morgan fingerprint density at radius 1 is 1.29 bits per heavy atom. The second kappa shape index (κ2) is 6.87. The van der Waals surface area contributed by atoms with Crippen molar-refractivity contribution in [2.24, 2.45) is 11.7 Å². The van der Waals surface area contributed by atoms with Crippen molar-refractivity contribution >= 4 is 9.84 Å². The quantitative estimate of drug-likeness (QED) is 0.771. The largest absolute Gasteiger partial charge is 0.393 e. The minimum absolute atomic E-state index is 0.112. The van der Waals surface area contributed by atoms with Crippen LogP contribution in [0.15, 0.2) is 29.2 Å². The van der Waals surface area contributed by atoms with E-state index in [1.165, 1.54) is 0 Å². The molecule has 0 radical (unpaired) electrons. The Morgan fingerprint density at radius 2 is 1.90 bits per heavy atom. The molecule has 2 rings (SSSR count). The van der Waals surface area contributed by atoms with Crippen LogP contribution in [0.2, 0.25) is 0 Å². The maximum absolute atomic E-state index is 12.3. The number of nitrogens with two attached hydrogens (primary N) is 1. The molecule has 1 aromatic carbocycles. The molecular weight excluding hydrogens is 288 g/mol. The number of hydrogen-bond donors (Lipinski definition) is 2. The molecule has 0 unspecified atom stereocenters.